The van der Waals surface area contributed by atoms with Crippen LogP contribution in [0.2, 0.25) is 0 Å². The van der Waals surface area contributed by atoms with E-state index in [-0.39, 0.29) is 0 Å². The Hall–Kier alpha value is -2.05. The fourth-order valence-electron chi connectivity index (χ4n) is 2.77. The molecule has 2 aromatic heterocycles. The van der Waals surface area contributed by atoms with Gasteiger partial charge >= 0.3 is 0 Å². The number of aromatic nitrogens is 3. The van der Waals surface area contributed by atoms with Gasteiger partial charge in [0.05, 0.1) is 0 Å². The zero-order valence-corrected chi connectivity index (χ0v) is 13.2. The molecule has 6 nitrogen and oxygen atoms in total. The molecule has 0 saturated carbocycles. The third kappa shape index (κ3) is 3.23. The maximum Gasteiger partial charge on any atom is 0.163 e. The van der Waals surface area contributed by atoms with E-state index in [4.69, 9.17) is 0 Å². The van der Waals surface area contributed by atoms with Gasteiger partial charge in [0.15, 0.2) is 5.82 Å². The van der Waals surface area contributed by atoms with Crippen LogP contribution in [0.4, 0.5) is 5.82 Å². The number of hydrogen-bond acceptors (Lipinski definition) is 6. The largest absolute Gasteiger partial charge is 0.370 e. The van der Waals surface area contributed by atoms with Crippen molar-refractivity contribution in [3.8, 4) is 11.4 Å². The molecular formula is C16H22N6. The Morgan fingerprint density at radius 1 is 1.18 bits per heavy atom. The minimum atomic E-state index is 0.434. The first-order valence-electron chi connectivity index (χ1n) is 7.64. The molecule has 116 valence electrons. The van der Waals surface area contributed by atoms with E-state index >= 15 is 0 Å². The number of hydrazine groups is 1. The van der Waals surface area contributed by atoms with Crippen LogP contribution >= 0.6 is 0 Å². The molecule has 2 unspecified atom stereocenters. The number of hydrogen-bond donors (Lipinski definition) is 3. The summed E-state index contributed by atoms with van der Waals surface area (Å²) >= 11 is 0. The Balaban J connectivity index is 1.76. The van der Waals surface area contributed by atoms with Crippen molar-refractivity contribution >= 4 is 5.82 Å². The lowest BCUT2D eigenvalue weighted by atomic mass is 9.97. The van der Waals surface area contributed by atoms with Crippen LogP contribution in [0.15, 0.2) is 30.6 Å². The second-order valence-electron chi connectivity index (χ2n) is 5.87. The third-order valence-electron chi connectivity index (χ3n) is 4.12. The number of anilines is 1. The van der Waals surface area contributed by atoms with E-state index < -0.39 is 0 Å². The van der Waals surface area contributed by atoms with E-state index in [1.54, 1.807) is 12.4 Å². The highest BCUT2D eigenvalue weighted by Gasteiger charge is 2.29. The van der Waals surface area contributed by atoms with Crippen molar-refractivity contribution in [1.29, 1.82) is 0 Å². The average molecular weight is 298 g/mol. The van der Waals surface area contributed by atoms with E-state index in [0.717, 1.165) is 23.6 Å². The summed E-state index contributed by atoms with van der Waals surface area (Å²) in [6, 6.07) is 6.71. The molecule has 1 saturated heterocycles. The van der Waals surface area contributed by atoms with Crippen LogP contribution in [-0.4, -0.2) is 33.6 Å². The molecule has 0 spiro atoms. The maximum absolute atomic E-state index is 4.61. The van der Waals surface area contributed by atoms with Crippen molar-refractivity contribution in [3.63, 3.8) is 0 Å². The van der Waals surface area contributed by atoms with E-state index in [9.17, 15) is 0 Å². The van der Waals surface area contributed by atoms with E-state index in [1.165, 1.54) is 0 Å². The molecule has 1 aliphatic heterocycles. The van der Waals surface area contributed by atoms with Gasteiger partial charge in [-0.3, -0.25) is 15.8 Å². The van der Waals surface area contributed by atoms with Gasteiger partial charge in [-0.15, -0.1) is 0 Å². The molecule has 22 heavy (non-hydrogen) atoms. The topological polar surface area (TPSA) is 74.8 Å². The van der Waals surface area contributed by atoms with Crippen LogP contribution in [0.3, 0.4) is 0 Å². The number of rotatable bonds is 4. The van der Waals surface area contributed by atoms with Gasteiger partial charge < -0.3 is 5.32 Å². The van der Waals surface area contributed by atoms with Gasteiger partial charge in [0, 0.05) is 54.3 Å². The van der Waals surface area contributed by atoms with Gasteiger partial charge in [-0.2, -0.15) is 0 Å². The first kappa shape index (κ1) is 14.9. The summed E-state index contributed by atoms with van der Waals surface area (Å²) < 4.78 is 0. The molecule has 0 bridgehead atoms. The summed E-state index contributed by atoms with van der Waals surface area (Å²) in [6.45, 7) is 7.23. The van der Waals surface area contributed by atoms with E-state index in [1.807, 2.05) is 25.1 Å². The molecule has 0 aliphatic carbocycles. The third-order valence-corrected chi connectivity index (χ3v) is 4.12. The number of pyridine rings is 1. The second kappa shape index (κ2) is 6.37. The molecule has 0 aromatic carbocycles. The van der Waals surface area contributed by atoms with Crippen LogP contribution in [0, 0.1) is 12.8 Å². The van der Waals surface area contributed by atoms with Crippen molar-refractivity contribution < 1.29 is 0 Å². The summed E-state index contributed by atoms with van der Waals surface area (Å²) in [7, 11) is 0. The van der Waals surface area contributed by atoms with Crippen LogP contribution in [0.1, 0.15) is 19.5 Å². The molecule has 6 heteroatoms. The summed E-state index contributed by atoms with van der Waals surface area (Å²) in [4.78, 5) is 13.2. The highest BCUT2D eigenvalue weighted by atomic mass is 15.4. The van der Waals surface area contributed by atoms with Crippen LogP contribution in [-0.2, 0) is 0 Å². The standard InChI is InChI=1S/C16H22N6/c1-10-7-15(18-9-14-11(2)21-22-12(14)3)20-16(19-10)13-5-4-6-17-8-13/h4-8,11-12,14,21-22H,9H2,1-3H3,(H,18,19,20). The monoisotopic (exact) mass is 298 g/mol. The molecule has 3 heterocycles. The van der Waals surface area contributed by atoms with E-state index in [2.05, 4.69) is 45.0 Å². The summed E-state index contributed by atoms with van der Waals surface area (Å²) in [5, 5.41) is 3.45. The normalized spacial score (nSPS) is 24.4. The molecule has 3 N–H and O–H groups in total. The van der Waals surface area contributed by atoms with Gasteiger partial charge in [-0.25, -0.2) is 9.97 Å². The lowest BCUT2D eigenvalue weighted by Crippen LogP contribution is -2.30. The highest BCUT2D eigenvalue weighted by Crippen LogP contribution is 2.19. The predicted molar refractivity (Wildman–Crippen MR) is 87.2 cm³/mol. The molecule has 2 aromatic rings. The minimum absolute atomic E-state index is 0.434. The van der Waals surface area contributed by atoms with Crippen molar-refractivity contribution in [2.45, 2.75) is 32.9 Å². The number of nitrogens with zero attached hydrogens (tertiary/aromatic N) is 3. The van der Waals surface area contributed by atoms with Crippen LogP contribution in [0.5, 0.6) is 0 Å². The number of nitrogens with one attached hydrogen (secondary N) is 3. The first-order chi connectivity index (χ1) is 10.6. The van der Waals surface area contributed by atoms with Gasteiger partial charge in [0.2, 0.25) is 0 Å². The second-order valence-corrected chi connectivity index (χ2v) is 5.87. The maximum atomic E-state index is 4.61. The van der Waals surface area contributed by atoms with Gasteiger partial charge in [-0.05, 0) is 32.9 Å². The summed E-state index contributed by atoms with van der Waals surface area (Å²) in [5.74, 6) is 2.08. The number of aryl methyl sites for hydroxylation is 1. The van der Waals surface area contributed by atoms with Gasteiger partial charge in [0.1, 0.15) is 5.82 Å². The van der Waals surface area contributed by atoms with Gasteiger partial charge in [0.25, 0.3) is 0 Å². The minimum Gasteiger partial charge on any atom is -0.370 e. The van der Waals surface area contributed by atoms with Crippen LogP contribution in [0.25, 0.3) is 11.4 Å². The Morgan fingerprint density at radius 2 is 1.95 bits per heavy atom. The van der Waals surface area contributed by atoms with E-state index in [0.29, 0.717) is 23.8 Å². The quantitative estimate of drug-likeness (QED) is 0.798. The Kier molecular flexibility index (Phi) is 4.31. The smallest absolute Gasteiger partial charge is 0.163 e. The summed E-state index contributed by atoms with van der Waals surface area (Å²) in [5.41, 5.74) is 8.42. The molecule has 1 aliphatic rings. The predicted octanol–water partition coefficient (Wildman–Crippen LogP) is 1.76. The molecular weight excluding hydrogens is 276 g/mol. The lowest BCUT2D eigenvalue weighted by molar-refractivity contribution is 0.466. The molecule has 0 radical (unpaired) electrons. The Labute approximate surface area is 130 Å². The average Bonchev–Trinajstić information content (AvgIpc) is 2.84. The lowest BCUT2D eigenvalue weighted by Gasteiger charge is -2.19. The zero-order valence-electron chi connectivity index (χ0n) is 13.2. The van der Waals surface area contributed by atoms with Crippen molar-refractivity contribution in [3.05, 3.63) is 36.3 Å². The summed E-state index contributed by atoms with van der Waals surface area (Å²) in [6.07, 6.45) is 3.54. The SMILES string of the molecule is Cc1cc(NCC2C(C)NNC2C)nc(-c2cccnc2)n1. The van der Waals surface area contributed by atoms with Crippen LogP contribution < -0.4 is 16.2 Å². The Bertz CT molecular complexity index is 620. The van der Waals surface area contributed by atoms with Crippen molar-refractivity contribution in [1.82, 2.24) is 25.8 Å². The van der Waals surface area contributed by atoms with Crippen molar-refractivity contribution in [2.24, 2.45) is 5.92 Å². The van der Waals surface area contributed by atoms with Gasteiger partial charge in [-0.1, -0.05) is 0 Å². The Morgan fingerprint density at radius 3 is 2.64 bits per heavy atom. The molecule has 1 fully saturated rings. The van der Waals surface area contributed by atoms with Crippen molar-refractivity contribution in [2.75, 3.05) is 11.9 Å². The molecule has 3 rings (SSSR count). The zero-order chi connectivity index (χ0) is 15.5. The fraction of sp³-hybridized carbons (Fsp3) is 0.438. The molecule has 2 atom stereocenters. The highest BCUT2D eigenvalue weighted by molar-refractivity contribution is 5.56. The first-order valence-corrected chi connectivity index (χ1v) is 7.64. The fourth-order valence-corrected chi connectivity index (χ4v) is 2.77. The molecule has 0 amide bonds.